The zero-order valence-electron chi connectivity index (χ0n) is 11.2. The molecule has 2 aliphatic rings. The van der Waals surface area contributed by atoms with E-state index in [-0.39, 0.29) is 0 Å². The van der Waals surface area contributed by atoms with Crippen LogP contribution >= 0.6 is 0 Å². The van der Waals surface area contributed by atoms with Crippen LogP contribution in [0.5, 0.6) is 0 Å². The van der Waals surface area contributed by atoms with Crippen LogP contribution in [0.1, 0.15) is 32.2 Å². The van der Waals surface area contributed by atoms with Crippen LogP contribution in [-0.2, 0) is 4.74 Å². The molecule has 3 rings (SSSR count). The van der Waals surface area contributed by atoms with Crippen LogP contribution in [0.4, 0.5) is 0 Å². The monoisotopic (exact) mass is 249 g/mol. The maximum atomic E-state index is 5.54. The molecule has 0 spiro atoms. The van der Waals surface area contributed by atoms with E-state index in [0.717, 1.165) is 13.2 Å². The standard InChI is InChI=1S/C14H23N3O/c1-14(5-10-18-12-14)11-16-8-3-13(4-9-16)17-7-2-6-15-17/h2,6-7,13H,3-5,8-12H2,1H3. The number of nitrogens with zero attached hydrogens (tertiary/aromatic N) is 3. The average Bonchev–Trinajstić information content (AvgIpc) is 3.02. The van der Waals surface area contributed by atoms with E-state index in [1.165, 1.54) is 38.9 Å². The maximum absolute atomic E-state index is 5.54. The molecular weight excluding hydrogens is 226 g/mol. The van der Waals surface area contributed by atoms with Crippen molar-refractivity contribution < 1.29 is 4.74 Å². The molecule has 0 aliphatic carbocycles. The van der Waals surface area contributed by atoms with E-state index in [4.69, 9.17) is 4.74 Å². The van der Waals surface area contributed by atoms with E-state index in [9.17, 15) is 0 Å². The molecule has 0 bridgehead atoms. The zero-order valence-corrected chi connectivity index (χ0v) is 11.2. The minimum Gasteiger partial charge on any atom is -0.381 e. The largest absolute Gasteiger partial charge is 0.381 e. The Kier molecular flexibility index (Phi) is 3.39. The molecule has 1 aromatic rings. The van der Waals surface area contributed by atoms with Crippen molar-refractivity contribution in [1.29, 1.82) is 0 Å². The van der Waals surface area contributed by atoms with E-state index >= 15 is 0 Å². The minimum atomic E-state index is 0.387. The molecule has 1 aromatic heterocycles. The fourth-order valence-electron chi connectivity index (χ4n) is 3.21. The van der Waals surface area contributed by atoms with Crippen molar-refractivity contribution in [3.8, 4) is 0 Å². The van der Waals surface area contributed by atoms with Crippen LogP contribution in [0, 0.1) is 5.41 Å². The van der Waals surface area contributed by atoms with Gasteiger partial charge in [-0.15, -0.1) is 0 Å². The second-order valence-electron chi connectivity index (χ2n) is 6.11. The highest BCUT2D eigenvalue weighted by Gasteiger charge is 2.33. The van der Waals surface area contributed by atoms with Gasteiger partial charge >= 0.3 is 0 Å². The topological polar surface area (TPSA) is 30.3 Å². The lowest BCUT2D eigenvalue weighted by atomic mass is 9.88. The summed E-state index contributed by atoms with van der Waals surface area (Å²) in [5.74, 6) is 0. The Morgan fingerprint density at radius 1 is 1.39 bits per heavy atom. The fraction of sp³-hybridized carbons (Fsp3) is 0.786. The number of hydrogen-bond acceptors (Lipinski definition) is 3. The SMILES string of the molecule is CC1(CN2CCC(n3cccn3)CC2)CCOC1. The van der Waals surface area contributed by atoms with Gasteiger partial charge in [-0.2, -0.15) is 5.10 Å². The first-order chi connectivity index (χ1) is 8.75. The van der Waals surface area contributed by atoms with Crippen LogP contribution in [0.3, 0.4) is 0 Å². The molecule has 2 aliphatic heterocycles. The molecule has 2 fully saturated rings. The third-order valence-electron chi connectivity index (χ3n) is 4.36. The van der Waals surface area contributed by atoms with Crippen LogP contribution in [0.2, 0.25) is 0 Å². The van der Waals surface area contributed by atoms with Crippen molar-refractivity contribution in [1.82, 2.24) is 14.7 Å². The van der Waals surface area contributed by atoms with Gasteiger partial charge in [0.1, 0.15) is 0 Å². The quantitative estimate of drug-likeness (QED) is 0.820. The molecule has 18 heavy (non-hydrogen) atoms. The summed E-state index contributed by atoms with van der Waals surface area (Å²) in [6.07, 6.45) is 7.62. The number of ether oxygens (including phenoxy) is 1. The second-order valence-corrected chi connectivity index (χ2v) is 6.11. The smallest absolute Gasteiger partial charge is 0.0543 e. The van der Waals surface area contributed by atoms with Gasteiger partial charge in [0.2, 0.25) is 0 Å². The van der Waals surface area contributed by atoms with Gasteiger partial charge in [0.15, 0.2) is 0 Å². The van der Waals surface area contributed by atoms with E-state index in [1.807, 2.05) is 12.3 Å². The third-order valence-corrected chi connectivity index (χ3v) is 4.36. The van der Waals surface area contributed by atoms with Crippen molar-refractivity contribution in [2.24, 2.45) is 5.41 Å². The first-order valence-electron chi connectivity index (χ1n) is 7.04. The van der Waals surface area contributed by atoms with Gasteiger partial charge in [0.05, 0.1) is 12.6 Å². The Balaban J connectivity index is 1.51. The molecule has 4 heteroatoms. The number of piperidine rings is 1. The van der Waals surface area contributed by atoms with Gasteiger partial charge in [-0.05, 0) is 25.3 Å². The summed E-state index contributed by atoms with van der Waals surface area (Å²) < 4.78 is 7.66. The number of aromatic nitrogens is 2. The predicted molar refractivity (Wildman–Crippen MR) is 70.5 cm³/mol. The highest BCUT2D eigenvalue weighted by molar-refractivity contribution is 4.87. The molecule has 0 N–H and O–H groups in total. The summed E-state index contributed by atoms with van der Waals surface area (Å²) in [6, 6.07) is 2.62. The first-order valence-corrected chi connectivity index (χ1v) is 7.04. The normalized spacial score (nSPS) is 30.9. The van der Waals surface area contributed by atoms with Gasteiger partial charge in [-0.3, -0.25) is 4.68 Å². The van der Waals surface area contributed by atoms with E-state index in [1.54, 1.807) is 0 Å². The van der Waals surface area contributed by atoms with Crippen LogP contribution in [0.15, 0.2) is 18.5 Å². The summed E-state index contributed by atoms with van der Waals surface area (Å²) in [6.45, 7) is 7.82. The fourth-order valence-corrected chi connectivity index (χ4v) is 3.21. The molecule has 0 saturated carbocycles. The Bertz CT molecular complexity index is 362. The van der Waals surface area contributed by atoms with Gasteiger partial charge < -0.3 is 9.64 Å². The summed E-state index contributed by atoms with van der Waals surface area (Å²) in [5, 5.41) is 4.36. The van der Waals surface area contributed by atoms with Crippen molar-refractivity contribution in [3.05, 3.63) is 18.5 Å². The summed E-state index contributed by atoms with van der Waals surface area (Å²) >= 11 is 0. The Labute approximate surface area is 109 Å². The highest BCUT2D eigenvalue weighted by atomic mass is 16.5. The van der Waals surface area contributed by atoms with Crippen molar-refractivity contribution >= 4 is 0 Å². The van der Waals surface area contributed by atoms with Crippen molar-refractivity contribution in [3.63, 3.8) is 0 Å². The minimum absolute atomic E-state index is 0.387. The molecule has 0 amide bonds. The lowest BCUT2D eigenvalue weighted by Gasteiger charge is -2.36. The van der Waals surface area contributed by atoms with Crippen molar-refractivity contribution in [2.75, 3.05) is 32.8 Å². The summed E-state index contributed by atoms with van der Waals surface area (Å²) in [5.41, 5.74) is 0.387. The van der Waals surface area contributed by atoms with Gasteiger partial charge in [-0.1, -0.05) is 6.92 Å². The van der Waals surface area contributed by atoms with Crippen LogP contribution in [0.25, 0.3) is 0 Å². The Morgan fingerprint density at radius 2 is 2.22 bits per heavy atom. The Hall–Kier alpha value is -0.870. The number of likely N-dealkylation sites (tertiary alicyclic amines) is 1. The average molecular weight is 249 g/mol. The molecule has 0 aromatic carbocycles. The van der Waals surface area contributed by atoms with Gasteiger partial charge in [-0.25, -0.2) is 0 Å². The molecule has 0 radical (unpaired) electrons. The Morgan fingerprint density at radius 3 is 2.83 bits per heavy atom. The van der Waals surface area contributed by atoms with Crippen LogP contribution < -0.4 is 0 Å². The summed E-state index contributed by atoms with van der Waals surface area (Å²) in [4.78, 5) is 2.61. The molecule has 100 valence electrons. The van der Waals surface area contributed by atoms with Crippen molar-refractivity contribution in [2.45, 2.75) is 32.2 Å². The number of hydrogen-bond donors (Lipinski definition) is 0. The summed E-state index contributed by atoms with van der Waals surface area (Å²) in [7, 11) is 0. The molecule has 4 nitrogen and oxygen atoms in total. The second kappa shape index (κ2) is 5.02. The van der Waals surface area contributed by atoms with Crippen LogP contribution in [-0.4, -0.2) is 47.5 Å². The molecule has 1 atom stereocenters. The van der Waals surface area contributed by atoms with Gasteiger partial charge in [0, 0.05) is 44.0 Å². The lowest BCUT2D eigenvalue weighted by Crippen LogP contribution is -2.41. The maximum Gasteiger partial charge on any atom is 0.0543 e. The molecular formula is C14H23N3O. The zero-order chi connectivity index (χ0) is 12.4. The third kappa shape index (κ3) is 2.59. The molecule has 3 heterocycles. The van der Waals surface area contributed by atoms with Gasteiger partial charge in [0.25, 0.3) is 0 Å². The first kappa shape index (κ1) is 12.2. The molecule has 2 saturated heterocycles. The van der Waals surface area contributed by atoms with E-state index in [2.05, 4.69) is 27.8 Å². The van der Waals surface area contributed by atoms with E-state index < -0.39 is 0 Å². The highest BCUT2D eigenvalue weighted by Crippen LogP contribution is 2.31. The number of rotatable bonds is 3. The molecule has 1 unspecified atom stereocenters. The lowest BCUT2D eigenvalue weighted by molar-refractivity contribution is 0.0978. The van der Waals surface area contributed by atoms with E-state index in [0.29, 0.717) is 11.5 Å². The predicted octanol–water partition coefficient (Wildman–Crippen LogP) is 1.95.